The van der Waals surface area contributed by atoms with Gasteiger partial charge >= 0.3 is 0 Å². The summed E-state index contributed by atoms with van der Waals surface area (Å²) in [6, 6.07) is 4.31. The van der Waals surface area contributed by atoms with Gasteiger partial charge in [-0.1, -0.05) is 6.42 Å². The number of rotatable bonds is 2. The minimum absolute atomic E-state index is 0.0898. The summed E-state index contributed by atoms with van der Waals surface area (Å²) in [6.07, 6.45) is 3.64. The summed E-state index contributed by atoms with van der Waals surface area (Å²) < 4.78 is 13.5. The molecule has 0 aliphatic heterocycles. The van der Waals surface area contributed by atoms with Crippen LogP contribution >= 0.6 is 15.9 Å². The molecule has 2 aliphatic rings. The Morgan fingerprint density at radius 2 is 2.06 bits per heavy atom. The van der Waals surface area contributed by atoms with Crippen LogP contribution in [-0.4, -0.2) is 5.91 Å². The van der Waals surface area contributed by atoms with Crippen molar-refractivity contribution in [1.82, 2.24) is 0 Å². The van der Waals surface area contributed by atoms with Gasteiger partial charge in [-0.05, 0) is 58.8 Å². The maximum atomic E-state index is 12.9. The van der Waals surface area contributed by atoms with Gasteiger partial charge < -0.3 is 5.32 Å². The predicted octanol–water partition coefficient (Wildman–Crippen LogP) is 3.57. The SMILES string of the molecule is O=C(Nc1ccc(F)cc1Br)C1C2CCCC21. The van der Waals surface area contributed by atoms with Crippen molar-refractivity contribution in [3.05, 3.63) is 28.5 Å². The van der Waals surface area contributed by atoms with Gasteiger partial charge in [-0.2, -0.15) is 0 Å². The van der Waals surface area contributed by atoms with Crippen molar-refractivity contribution >= 4 is 27.5 Å². The van der Waals surface area contributed by atoms with E-state index in [0.29, 0.717) is 22.0 Å². The first-order valence-electron chi connectivity index (χ1n) is 5.93. The Hall–Kier alpha value is -0.900. The van der Waals surface area contributed by atoms with E-state index in [1.165, 1.54) is 31.4 Å². The van der Waals surface area contributed by atoms with Crippen LogP contribution in [0, 0.1) is 23.6 Å². The smallest absolute Gasteiger partial charge is 0.228 e. The largest absolute Gasteiger partial charge is 0.325 e. The third kappa shape index (κ3) is 1.99. The molecule has 2 fully saturated rings. The number of halogens is 2. The minimum atomic E-state index is -0.307. The first kappa shape index (κ1) is 11.2. The van der Waals surface area contributed by atoms with Crippen LogP contribution in [-0.2, 0) is 4.79 Å². The van der Waals surface area contributed by atoms with Crippen LogP contribution in [0.3, 0.4) is 0 Å². The van der Waals surface area contributed by atoms with Crippen molar-refractivity contribution in [1.29, 1.82) is 0 Å². The van der Waals surface area contributed by atoms with Crippen LogP contribution in [0.2, 0.25) is 0 Å². The zero-order valence-electron chi connectivity index (χ0n) is 9.25. The number of carbonyl (C=O) groups excluding carboxylic acids is 1. The highest BCUT2D eigenvalue weighted by molar-refractivity contribution is 9.10. The lowest BCUT2D eigenvalue weighted by Gasteiger charge is -2.08. The minimum Gasteiger partial charge on any atom is -0.325 e. The second kappa shape index (κ2) is 4.09. The number of hydrogen-bond acceptors (Lipinski definition) is 1. The van der Waals surface area contributed by atoms with E-state index < -0.39 is 0 Å². The first-order valence-corrected chi connectivity index (χ1v) is 6.72. The zero-order chi connectivity index (χ0) is 12.0. The molecule has 4 heteroatoms. The van der Waals surface area contributed by atoms with Crippen molar-refractivity contribution in [2.24, 2.45) is 17.8 Å². The zero-order valence-corrected chi connectivity index (χ0v) is 10.8. The quantitative estimate of drug-likeness (QED) is 0.888. The van der Waals surface area contributed by atoms with Gasteiger partial charge in [0.1, 0.15) is 5.82 Å². The molecule has 2 saturated carbocycles. The van der Waals surface area contributed by atoms with E-state index in [-0.39, 0.29) is 17.6 Å². The highest BCUT2D eigenvalue weighted by Gasteiger charge is 2.56. The second-order valence-electron chi connectivity index (χ2n) is 4.90. The molecule has 1 aromatic rings. The molecule has 1 amide bonds. The standard InChI is InChI=1S/C13H13BrFNO/c14-10-6-7(15)4-5-11(10)16-13(17)12-8-2-1-3-9(8)12/h4-6,8-9,12H,1-3H2,(H,16,17). The fraction of sp³-hybridized carbons (Fsp3) is 0.462. The summed E-state index contributed by atoms with van der Waals surface area (Å²) >= 11 is 3.25. The lowest BCUT2D eigenvalue weighted by Crippen LogP contribution is -2.16. The number of carbonyl (C=O) groups is 1. The molecule has 1 aromatic carbocycles. The van der Waals surface area contributed by atoms with Gasteiger partial charge in [0.15, 0.2) is 0 Å². The topological polar surface area (TPSA) is 29.1 Å². The van der Waals surface area contributed by atoms with E-state index in [0.717, 1.165) is 0 Å². The van der Waals surface area contributed by atoms with Gasteiger partial charge in [0.05, 0.1) is 5.69 Å². The van der Waals surface area contributed by atoms with Gasteiger partial charge in [-0.3, -0.25) is 4.79 Å². The Morgan fingerprint density at radius 1 is 1.35 bits per heavy atom. The number of hydrogen-bond donors (Lipinski definition) is 1. The highest BCUT2D eigenvalue weighted by Crippen LogP contribution is 2.57. The monoisotopic (exact) mass is 297 g/mol. The third-order valence-corrected chi connectivity index (χ3v) is 4.55. The number of benzene rings is 1. The number of anilines is 1. The molecule has 1 N–H and O–H groups in total. The van der Waals surface area contributed by atoms with Gasteiger partial charge in [0, 0.05) is 10.4 Å². The van der Waals surface area contributed by atoms with Crippen LogP contribution in [0.5, 0.6) is 0 Å². The summed E-state index contributed by atoms with van der Waals surface area (Å²) in [5, 5.41) is 2.88. The number of nitrogens with one attached hydrogen (secondary N) is 1. The molecule has 0 spiro atoms. The molecule has 2 nitrogen and oxygen atoms in total. The second-order valence-corrected chi connectivity index (χ2v) is 5.75. The molecule has 0 saturated heterocycles. The molecule has 2 atom stereocenters. The number of fused-ring (bicyclic) bond motifs is 1. The van der Waals surface area contributed by atoms with E-state index in [4.69, 9.17) is 0 Å². The van der Waals surface area contributed by atoms with Crippen molar-refractivity contribution in [3.63, 3.8) is 0 Å². The predicted molar refractivity (Wildman–Crippen MR) is 67.1 cm³/mol. The van der Waals surface area contributed by atoms with Crippen LogP contribution in [0.1, 0.15) is 19.3 Å². The van der Waals surface area contributed by atoms with Crippen LogP contribution in [0.4, 0.5) is 10.1 Å². The normalized spacial score (nSPS) is 29.9. The summed E-state index contributed by atoms with van der Waals surface area (Å²) in [7, 11) is 0. The average Bonchev–Trinajstić information content (AvgIpc) is 2.77. The summed E-state index contributed by atoms with van der Waals surface area (Å²) in [5.74, 6) is 1.19. The van der Waals surface area contributed by atoms with Gasteiger partial charge in [-0.25, -0.2) is 4.39 Å². The van der Waals surface area contributed by atoms with E-state index in [9.17, 15) is 9.18 Å². The van der Waals surface area contributed by atoms with Crippen molar-refractivity contribution in [2.45, 2.75) is 19.3 Å². The molecule has 0 radical (unpaired) electrons. The molecule has 3 rings (SSSR count). The van der Waals surface area contributed by atoms with Gasteiger partial charge in [0.25, 0.3) is 0 Å². The molecule has 90 valence electrons. The van der Waals surface area contributed by atoms with Crippen molar-refractivity contribution < 1.29 is 9.18 Å². The Balaban J connectivity index is 1.69. The van der Waals surface area contributed by atoms with Crippen LogP contribution in [0.25, 0.3) is 0 Å². The maximum Gasteiger partial charge on any atom is 0.228 e. The molecule has 0 heterocycles. The summed E-state index contributed by atoms with van der Waals surface area (Å²) in [4.78, 5) is 12.0. The Bertz CT molecular complexity index is 466. The van der Waals surface area contributed by atoms with E-state index >= 15 is 0 Å². The molecular weight excluding hydrogens is 285 g/mol. The molecule has 0 bridgehead atoms. The Kier molecular flexibility index (Phi) is 2.69. The highest BCUT2D eigenvalue weighted by atomic mass is 79.9. The van der Waals surface area contributed by atoms with Gasteiger partial charge in [0.2, 0.25) is 5.91 Å². The van der Waals surface area contributed by atoms with E-state index in [2.05, 4.69) is 21.2 Å². The molecule has 2 aliphatic carbocycles. The molecule has 17 heavy (non-hydrogen) atoms. The Labute approximate surface area is 108 Å². The first-order chi connectivity index (χ1) is 8.16. The van der Waals surface area contributed by atoms with Crippen LogP contribution in [0.15, 0.2) is 22.7 Å². The third-order valence-electron chi connectivity index (χ3n) is 3.90. The van der Waals surface area contributed by atoms with E-state index in [1.807, 2.05) is 0 Å². The average molecular weight is 298 g/mol. The summed E-state index contributed by atoms with van der Waals surface area (Å²) in [6.45, 7) is 0. The summed E-state index contributed by atoms with van der Waals surface area (Å²) in [5.41, 5.74) is 0.654. The number of amides is 1. The fourth-order valence-electron chi connectivity index (χ4n) is 3.02. The molecular formula is C13H13BrFNO. The maximum absolute atomic E-state index is 12.9. The van der Waals surface area contributed by atoms with Gasteiger partial charge in [-0.15, -0.1) is 0 Å². The molecule has 2 unspecified atom stereocenters. The molecule has 0 aromatic heterocycles. The fourth-order valence-corrected chi connectivity index (χ4v) is 3.47. The van der Waals surface area contributed by atoms with Crippen molar-refractivity contribution in [2.75, 3.05) is 5.32 Å². The lowest BCUT2D eigenvalue weighted by atomic mass is 10.1. The van der Waals surface area contributed by atoms with E-state index in [1.54, 1.807) is 6.07 Å². The lowest BCUT2D eigenvalue weighted by molar-refractivity contribution is -0.118. The van der Waals surface area contributed by atoms with Crippen molar-refractivity contribution in [3.8, 4) is 0 Å². The van der Waals surface area contributed by atoms with Crippen LogP contribution < -0.4 is 5.32 Å². The Morgan fingerprint density at radius 3 is 2.71 bits per heavy atom.